The molecule has 1 saturated heterocycles. The second-order valence-corrected chi connectivity index (χ2v) is 6.17. The van der Waals surface area contributed by atoms with Crippen molar-refractivity contribution in [1.82, 2.24) is 4.98 Å². The molecule has 0 radical (unpaired) electrons. The Morgan fingerprint density at radius 1 is 1.10 bits per heavy atom. The highest BCUT2D eigenvalue weighted by Crippen LogP contribution is 2.36. The third-order valence-electron chi connectivity index (χ3n) is 4.21. The van der Waals surface area contributed by atoms with E-state index in [2.05, 4.69) is 4.98 Å². The van der Waals surface area contributed by atoms with Crippen LogP contribution in [-0.4, -0.2) is 23.3 Å². The summed E-state index contributed by atoms with van der Waals surface area (Å²) >= 11 is 0. The largest absolute Gasteiger partial charge is 0.496 e. The molecule has 0 amide bonds. The van der Waals surface area contributed by atoms with Gasteiger partial charge in [0.2, 0.25) is 0 Å². The highest BCUT2D eigenvalue weighted by atomic mass is 19.1. The van der Waals surface area contributed by atoms with Gasteiger partial charge in [-0.15, -0.1) is 0 Å². The molecule has 1 aromatic carbocycles. The third-order valence-corrected chi connectivity index (χ3v) is 4.21. The van der Waals surface area contributed by atoms with Crippen LogP contribution in [0.25, 0.3) is 10.9 Å². The standard InChI is InChI=1S/C15H17BFNO2/c1-14(2)15(3,4)20-16(19-14)11-8-10-6-5-7-12(17)13(10)18-9-11/h5-9H,1-4H3. The molecule has 3 rings (SSSR count). The van der Waals surface area contributed by atoms with Crippen molar-refractivity contribution in [3.63, 3.8) is 0 Å². The van der Waals surface area contributed by atoms with Gasteiger partial charge in [0, 0.05) is 17.0 Å². The summed E-state index contributed by atoms with van der Waals surface area (Å²) in [6.45, 7) is 8.00. The van der Waals surface area contributed by atoms with E-state index in [1.807, 2.05) is 39.8 Å². The molecule has 0 N–H and O–H groups in total. The first-order valence-electron chi connectivity index (χ1n) is 6.70. The minimum Gasteiger partial charge on any atom is -0.399 e. The number of fused-ring (bicyclic) bond motifs is 1. The molecule has 1 aromatic heterocycles. The third kappa shape index (κ3) is 2.01. The summed E-state index contributed by atoms with van der Waals surface area (Å²) in [4.78, 5) is 4.19. The summed E-state index contributed by atoms with van der Waals surface area (Å²) < 4.78 is 25.6. The lowest BCUT2D eigenvalue weighted by atomic mass is 9.80. The molecular weight excluding hydrogens is 256 g/mol. The molecule has 0 atom stereocenters. The van der Waals surface area contributed by atoms with Gasteiger partial charge < -0.3 is 9.31 Å². The molecule has 0 saturated carbocycles. The summed E-state index contributed by atoms with van der Waals surface area (Å²) in [6.07, 6.45) is 1.62. The van der Waals surface area contributed by atoms with Crippen LogP contribution in [0, 0.1) is 5.82 Å². The van der Waals surface area contributed by atoms with Gasteiger partial charge in [0.15, 0.2) is 0 Å². The van der Waals surface area contributed by atoms with Gasteiger partial charge in [0.25, 0.3) is 0 Å². The molecule has 20 heavy (non-hydrogen) atoms. The van der Waals surface area contributed by atoms with E-state index < -0.39 is 18.3 Å². The molecule has 2 heterocycles. The van der Waals surface area contributed by atoms with Crippen LogP contribution in [0.4, 0.5) is 4.39 Å². The Labute approximate surface area is 118 Å². The van der Waals surface area contributed by atoms with Crippen molar-refractivity contribution < 1.29 is 13.7 Å². The van der Waals surface area contributed by atoms with Crippen molar-refractivity contribution in [2.24, 2.45) is 0 Å². The van der Waals surface area contributed by atoms with E-state index in [4.69, 9.17) is 9.31 Å². The van der Waals surface area contributed by atoms with E-state index in [-0.39, 0.29) is 5.82 Å². The molecule has 2 aromatic rings. The van der Waals surface area contributed by atoms with Gasteiger partial charge in [-0.25, -0.2) is 4.39 Å². The van der Waals surface area contributed by atoms with E-state index in [1.165, 1.54) is 6.07 Å². The van der Waals surface area contributed by atoms with Crippen molar-refractivity contribution in [3.05, 3.63) is 36.3 Å². The zero-order valence-electron chi connectivity index (χ0n) is 12.1. The van der Waals surface area contributed by atoms with E-state index in [0.29, 0.717) is 5.52 Å². The fourth-order valence-corrected chi connectivity index (χ4v) is 2.25. The average Bonchev–Trinajstić information content (AvgIpc) is 2.58. The normalized spacial score (nSPS) is 20.6. The van der Waals surface area contributed by atoms with Gasteiger partial charge in [0.05, 0.1) is 11.2 Å². The zero-order valence-corrected chi connectivity index (χ0v) is 12.1. The molecule has 0 unspecified atom stereocenters. The van der Waals surface area contributed by atoms with Crippen molar-refractivity contribution in [3.8, 4) is 0 Å². The van der Waals surface area contributed by atoms with Crippen LogP contribution in [0.5, 0.6) is 0 Å². The molecular formula is C15H17BFNO2. The fourth-order valence-electron chi connectivity index (χ4n) is 2.25. The predicted molar refractivity (Wildman–Crippen MR) is 77.4 cm³/mol. The van der Waals surface area contributed by atoms with Crippen LogP contribution in [0.3, 0.4) is 0 Å². The van der Waals surface area contributed by atoms with Gasteiger partial charge in [-0.2, -0.15) is 0 Å². The van der Waals surface area contributed by atoms with E-state index in [9.17, 15) is 4.39 Å². The topological polar surface area (TPSA) is 31.4 Å². The van der Waals surface area contributed by atoms with Crippen molar-refractivity contribution in [2.75, 3.05) is 0 Å². The number of halogens is 1. The van der Waals surface area contributed by atoms with Crippen molar-refractivity contribution in [2.45, 2.75) is 38.9 Å². The molecule has 0 aliphatic carbocycles. The number of pyridine rings is 1. The first-order chi connectivity index (χ1) is 9.30. The average molecular weight is 273 g/mol. The van der Waals surface area contributed by atoms with Crippen molar-refractivity contribution >= 4 is 23.5 Å². The quantitative estimate of drug-likeness (QED) is 0.748. The number of aromatic nitrogens is 1. The van der Waals surface area contributed by atoms with Crippen LogP contribution < -0.4 is 5.46 Å². The highest BCUT2D eigenvalue weighted by Gasteiger charge is 2.51. The van der Waals surface area contributed by atoms with Gasteiger partial charge in [0.1, 0.15) is 11.3 Å². The maximum atomic E-state index is 13.6. The van der Waals surface area contributed by atoms with Crippen LogP contribution in [-0.2, 0) is 9.31 Å². The SMILES string of the molecule is CC1(C)OB(c2cnc3c(F)cccc3c2)OC1(C)C. The minimum atomic E-state index is -0.472. The lowest BCUT2D eigenvalue weighted by Crippen LogP contribution is -2.41. The summed E-state index contributed by atoms with van der Waals surface area (Å²) in [5.41, 5.74) is 0.387. The predicted octanol–water partition coefficient (Wildman–Crippen LogP) is 2.67. The monoisotopic (exact) mass is 273 g/mol. The number of benzene rings is 1. The molecule has 0 spiro atoms. The first kappa shape index (κ1) is 13.5. The molecule has 0 bridgehead atoms. The van der Waals surface area contributed by atoms with Gasteiger partial charge in [-0.05, 0) is 33.8 Å². The van der Waals surface area contributed by atoms with E-state index in [1.54, 1.807) is 12.3 Å². The second kappa shape index (κ2) is 4.27. The van der Waals surface area contributed by atoms with Crippen LogP contribution in [0.15, 0.2) is 30.5 Å². The second-order valence-electron chi connectivity index (χ2n) is 6.17. The van der Waals surface area contributed by atoms with Crippen LogP contribution in [0.2, 0.25) is 0 Å². The molecule has 1 fully saturated rings. The number of hydrogen-bond acceptors (Lipinski definition) is 3. The van der Waals surface area contributed by atoms with Crippen molar-refractivity contribution in [1.29, 1.82) is 0 Å². The van der Waals surface area contributed by atoms with Gasteiger partial charge in [-0.3, -0.25) is 4.98 Å². The van der Waals surface area contributed by atoms with E-state index in [0.717, 1.165) is 10.8 Å². The number of hydrogen-bond donors (Lipinski definition) is 0. The van der Waals surface area contributed by atoms with Gasteiger partial charge >= 0.3 is 7.12 Å². The lowest BCUT2D eigenvalue weighted by molar-refractivity contribution is 0.00578. The fraction of sp³-hybridized carbons (Fsp3) is 0.400. The number of nitrogens with zero attached hydrogens (tertiary/aromatic N) is 1. The Balaban J connectivity index is 2.00. The maximum Gasteiger partial charge on any atom is 0.496 e. The summed E-state index contributed by atoms with van der Waals surface area (Å²) in [5, 5.41) is 0.747. The summed E-state index contributed by atoms with van der Waals surface area (Å²) in [7, 11) is -0.472. The summed E-state index contributed by atoms with van der Waals surface area (Å²) in [6, 6.07) is 6.78. The molecule has 1 aliphatic rings. The Morgan fingerprint density at radius 3 is 2.40 bits per heavy atom. The highest BCUT2D eigenvalue weighted by molar-refractivity contribution is 6.62. The molecule has 104 valence electrons. The Kier molecular flexibility index (Phi) is 2.89. The Morgan fingerprint density at radius 2 is 1.75 bits per heavy atom. The Bertz CT molecular complexity index is 656. The minimum absolute atomic E-state index is 0.317. The molecule has 3 nitrogen and oxygen atoms in total. The number of rotatable bonds is 1. The molecule has 1 aliphatic heterocycles. The van der Waals surface area contributed by atoms with Gasteiger partial charge in [-0.1, -0.05) is 18.2 Å². The summed E-state index contributed by atoms with van der Waals surface area (Å²) in [5.74, 6) is -0.317. The lowest BCUT2D eigenvalue weighted by Gasteiger charge is -2.32. The van der Waals surface area contributed by atoms with Crippen LogP contribution >= 0.6 is 0 Å². The molecule has 5 heteroatoms. The number of para-hydroxylation sites is 1. The van der Waals surface area contributed by atoms with E-state index >= 15 is 0 Å². The maximum absolute atomic E-state index is 13.6. The van der Waals surface area contributed by atoms with Crippen LogP contribution in [0.1, 0.15) is 27.7 Å². The smallest absolute Gasteiger partial charge is 0.399 e. The first-order valence-corrected chi connectivity index (χ1v) is 6.70. The zero-order chi connectivity index (χ0) is 14.5. The Hall–Kier alpha value is -1.46.